The summed E-state index contributed by atoms with van der Waals surface area (Å²) >= 11 is 6.16. The van der Waals surface area contributed by atoms with Gasteiger partial charge in [-0.2, -0.15) is 4.98 Å². The first-order chi connectivity index (χ1) is 13.4. The Kier molecular flexibility index (Phi) is 9.70. The summed E-state index contributed by atoms with van der Waals surface area (Å²) in [6, 6.07) is 4.07. The average molecular weight is 421 g/mol. The van der Waals surface area contributed by atoms with Gasteiger partial charge >= 0.3 is 0 Å². The van der Waals surface area contributed by atoms with E-state index < -0.39 is 0 Å². The van der Waals surface area contributed by atoms with Crippen LogP contribution in [0.4, 0.5) is 4.39 Å². The van der Waals surface area contributed by atoms with Gasteiger partial charge in [0, 0.05) is 10.9 Å². The van der Waals surface area contributed by atoms with Crippen LogP contribution in [-0.2, 0) is 0 Å². The van der Waals surface area contributed by atoms with Gasteiger partial charge in [0.25, 0.3) is 0 Å². The molecule has 0 saturated carbocycles. The zero-order valence-electron chi connectivity index (χ0n) is 16.1. The van der Waals surface area contributed by atoms with Crippen LogP contribution in [0.3, 0.4) is 0 Å². The van der Waals surface area contributed by atoms with Crippen LogP contribution >= 0.6 is 20.8 Å². The molecule has 1 heterocycles. The molecule has 1 atom stereocenters. The van der Waals surface area contributed by atoms with Crippen LogP contribution in [0, 0.1) is 5.82 Å². The minimum atomic E-state index is -0.373. The van der Waals surface area contributed by atoms with Crippen molar-refractivity contribution < 1.29 is 13.9 Å². The van der Waals surface area contributed by atoms with E-state index in [2.05, 4.69) is 32.4 Å². The lowest BCUT2D eigenvalue weighted by atomic mass is 10.0. The predicted molar refractivity (Wildman–Crippen MR) is 116 cm³/mol. The number of nitrogens with zero attached hydrogens (tertiary/aromatic N) is 2. The molecule has 0 fully saturated rings. The number of carbonyl (C=O) groups excluding carboxylic acids is 1. The van der Waals surface area contributed by atoms with Crippen molar-refractivity contribution in [3.63, 3.8) is 0 Å². The third-order valence-electron chi connectivity index (χ3n) is 3.68. The summed E-state index contributed by atoms with van der Waals surface area (Å²) in [7, 11) is 2.38. The minimum absolute atomic E-state index is 0.0502. The number of halogens is 2. The highest BCUT2D eigenvalue weighted by Crippen LogP contribution is 2.24. The Morgan fingerprint density at radius 1 is 1.39 bits per heavy atom. The van der Waals surface area contributed by atoms with Crippen LogP contribution in [0.2, 0.25) is 5.15 Å². The fraction of sp³-hybridized carbons (Fsp3) is 0.190. The third kappa shape index (κ3) is 6.08. The molecule has 2 aromatic rings. The molecule has 28 heavy (non-hydrogen) atoms. The number of hydrogen-bond donors (Lipinski definition) is 0. The van der Waals surface area contributed by atoms with E-state index in [1.165, 1.54) is 24.4 Å². The normalized spacial score (nSPS) is 11.5. The van der Waals surface area contributed by atoms with E-state index in [1.54, 1.807) is 12.2 Å². The Morgan fingerprint density at radius 2 is 2.07 bits per heavy atom. The zero-order chi connectivity index (χ0) is 21.3. The fourth-order valence-corrected chi connectivity index (χ4v) is 2.71. The van der Waals surface area contributed by atoms with Gasteiger partial charge in [0.2, 0.25) is 11.7 Å². The van der Waals surface area contributed by atoms with Gasteiger partial charge in [-0.3, -0.25) is 4.79 Å². The number of ether oxygens (including phenoxy) is 1. The molecule has 1 aromatic carbocycles. The summed E-state index contributed by atoms with van der Waals surface area (Å²) in [6.07, 6.45) is 5.59. The Morgan fingerprint density at radius 3 is 2.61 bits per heavy atom. The number of allylic oxidation sites excluding steroid dienone is 4. The van der Waals surface area contributed by atoms with Crippen molar-refractivity contribution in [3.8, 4) is 11.6 Å². The number of aromatic nitrogens is 2. The first kappa shape index (κ1) is 23.7. The van der Waals surface area contributed by atoms with Crippen LogP contribution < -0.4 is 10.0 Å². The molecule has 2 rings (SSSR count). The fourth-order valence-electron chi connectivity index (χ4n) is 2.17. The molecule has 148 valence electrons. The summed E-state index contributed by atoms with van der Waals surface area (Å²) in [5, 5.41) is 0.478. The number of benzene rings is 1. The summed E-state index contributed by atoms with van der Waals surface area (Å²) in [6.45, 7) is 11.7. The van der Waals surface area contributed by atoms with E-state index in [0.717, 1.165) is 12.0 Å². The van der Waals surface area contributed by atoms with Crippen LogP contribution in [0.5, 0.6) is 11.6 Å². The molecule has 0 N–H and O–H groups in total. The van der Waals surface area contributed by atoms with Crippen LogP contribution in [0.25, 0.3) is 0 Å². The molecule has 0 aliphatic rings. The standard InChI is InChI=1S/C19H19ClFN2O2P.C2H4/c1-4-6-13(11(3)5-2)18(24)17-19(20)23-16(10-22-17)25-14-8-7-12(21)9-15(14)26;1-2/h4,6-10H,5,26H2,1-3H3;1-2H2/b6-4-,13-11-;. The van der Waals surface area contributed by atoms with Crippen LogP contribution in [-0.4, -0.2) is 15.8 Å². The molecule has 4 nitrogen and oxygen atoms in total. The van der Waals surface area contributed by atoms with E-state index in [1.807, 2.05) is 20.8 Å². The maximum atomic E-state index is 13.2. The van der Waals surface area contributed by atoms with Gasteiger partial charge in [0.1, 0.15) is 17.3 Å². The quantitative estimate of drug-likeness (QED) is 0.193. The number of ketones is 1. The Labute approximate surface area is 172 Å². The lowest BCUT2D eigenvalue weighted by Gasteiger charge is -2.10. The van der Waals surface area contributed by atoms with Crippen molar-refractivity contribution in [3.05, 3.63) is 77.5 Å². The summed E-state index contributed by atoms with van der Waals surface area (Å²) in [5.41, 5.74) is 1.54. The van der Waals surface area contributed by atoms with Crippen molar-refractivity contribution in [1.29, 1.82) is 0 Å². The van der Waals surface area contributed by atoms with Gasteiger partial charge in [-0.25, -0.2) is 9.37 Å². The van der Waals surface area contributed by atoms with E-state index >= 15 is 0 Å². The molecule has 0 aliphatic carbocycles. The Balaban J connectivity index is 0.00000190. The van der Waals surface area contributed by atoms with Crippen molar-refractivity contribution in [2.45, 2.75) is 27.2 Å². The summed E-state index contributed by atoms with van der Waals surface area (Å²) in [4.78, 5) is 20.9. The van der Waals surface area contributed by atoms with Gasteiger partial charge in [-0.05, 0) is 38.5 Å². The van der Waals surface area contributed by atoms with Crippen molar-refractivity contribution in [2.75, 3.05) is 0 Å². The number of Topliss-reactive ketones (excluding diaryl/α,β-unsaturated/α-hetero) is 1. The molecule has 0 saturated heterocycles. The molecule has 0 spiro atoms. The summed E-state index contributed by atoms with van der Waals surface area (Å²) < 4.78 is 18.7. The van der Waals surface area contributed by atoms with Gasteiger partial charge in [0.05, 0.1) is 6.20 Å². The predicted octanol–water partition coefficient (Wildman–Crippen LogP) is 5.85. The largest absolute Gasteiger partial charge is 0.437 e. The highest BCUT2D eigenvalue weighted by atomic mass is 35.5. The van der Waals surface area contributed by atoms with Gasteiger partial charge in [0.15, 0.2) is 5.15 Å². The average Bonchev–Trinajstić information content (AvgIpc) is 2.69. The highest BCUT2D eigenvalue weighted by molar-refractivity contribution is 7.27. The molecule has 0 bridgehead atoms. The van der Waals surface area contributed by atoms with Crippen LogP contribution in [0.1, 0.15) is 37.7 Å². The van der Waals surface area contributed by atoms with Gasteiger partial charge in [-0.15, -0.1) is 22.4 Å². The second-order valence-electron chi connectivity index (χ2n) is 5.51. The number of rotatable bonds is 6. The number of carbonyl (C=O) groups is 1. The maximum absolute atomic E-state index is 13.2. The molecule has 1 unspecified atom stereocenters. The Bertz CT molecular complexity index is 913. The zero-order valence-corrected chi connectivity index (χ0v) is 18.0. The minimum Gasteiger partial charge on any atom is -0.437 e. The van der Waals surface area contributed by atoms with Crippen molar-refractivity contribution >= 4 is 31.9 Å². The second-order valence-corrected chi connectivity index (χ2v) is 6.49. The maximum Gasteiger partial charge on any atom is 0.239 e. The second kappa shape index (κ2) is 11.5. The number of hydrogen-bond acceptors (Lipinski definition) is 4. The molecule has 7 heteroatoms. The molecule has 1 aromatic heterocycles. The van der Waals surface area contributed by atoms with Gasteiger partial charge < -0.3 is 4.74 Å². The Hall–Kier alpha value is -2.36. The first-order valence-electron chi connectivity index (χ1n) is 8.49. The molecule has 0 aliphatic heterocycles. The third-order valence-corrected chi connectivity index (χ3v) is 4.39. The molecule has 0 amide bonds. The van der Waals surface area contributed by atoms with E-state index in [-0.39, 0.29) is 28.3 Å². The van der Waals surface area contributed by atoms with Crippen molar-refractivity contribution in [1.82, 2.24) is 9.97 Å². The van der Waals surface area contributed by atoms with E-state index in [4.69, 9.17) is 16.3 Å². The van der Waals surface area contributed by atoms with Crippen molar-refractivity contribution in [2.24, 2.45) is 0 Å². The SMILES string of the molecule is C/C=C\C(C(=O)c1ncc(Oc2ccc(F)cc2P)nc1Cl)=C(/C)CC.C=C. The monoisotopic (exact) mass is 420 g/mol. The lowest BCUT2D eigenvalue weighted by Crippen LogP contribution is -2.09. The lowest BCUT2D eigenvalue weighted by molar-refractivity contribution is 0.103. The molecule has 0 radical (unpaired) electrons. The smallest absolute Gasteiger partial charge is 0.239 e. The van der Waals surface area contributed by atoms with Crippen LogP contribution in [0.15, 0.2) is 60.9 Å². The highest BCUT2D eigenvalue weighted by Gasteiger charge is 2.19. The van der Waals surface area contributed by atoms with E-state index in [9.17, 15) is 9.18 Å². The van der Waals surface area contributed by atoms with E-state index in [0.29, 0.717) is 16.6 Å². The van der Waals surface area contributed by atoms with Gasteiger partial charge in [-0.1, -0.05) is 36.2 Å². The first-order valence-corrected chi connectivity index (χ1v) is 9.45. The summed E-state index contributed by atoms with van der Waals surface area (Å²) in [5.74, 6) is -0.148. The molecular weight excluding hydrogens is 398 g/mol. The topological polar surface area (TPSA) is 52.1 Å². The molecular formula is C21H23ClFN2O2P.